The second-order valence-electron chi connectivity index (χ2n) is 5.02. The number of aromatic amines is 1. The van der Waals surface area contributed by atoms with Gasteiger partial charge < -0.3 is 15.2 Å². The molecule has 1 amide bonds. The van der Waals surface area contributed by atoms with Crippen molar-refractivity contribution in [2.24, 2.45) is 5.73 Å². The number of H-pyrrole nitrogens is 1. The summed E-state index contributed by atoms with van der Waals surface area (Å²) in [6, 6.07) is 14.9. The van der Waals surface area contributed by atoms with E-state index in [2.05, 4.69) is 15.4 Å². The van der Waals surface area contributed by atoms with Gasteiger partial charge in [0.25, 0.3) is 5.91 Å². The maximum absolute atomic E-state index is 11.5. The Morgan fingerprint density at radius 2 is 2.00 bits per heavy atom. The topological polar surface area (TPSA) is 103 Å². The minimum atomic E-state index is -0.652. The van der Waals surface area contributed by atoms with Crippen LogP contribution < -0.4 is 15.2 Å². The number of aromatic nitrogens is 3. The van der Waals surface area contributed by atoms with Crippen molar-refractivity contribution < 1.29 is 14.3 Å². The molecule has 0 aliphatic carbocycles. The van der Waals surface area contributed by atoms with Gasteiger partial charge in [-0.25, -0.2) is 0 Å². The molecule has 0 aliphatic heterocycles. The molecule has 0 unspecified atom stereocenters. The lowest BCUT2D eigenvalue weighted by atomic mass is 10.1. The summed E-state index contributed by atoms with van der Waals surface area (Å²) in [7, 11) is 1.62. The summed E-state index contributed by atoms with van der Waals surface area (Å²) in [5, 5.41) is 10.2. The van der Waals surface area contributed by atoms with Crippen molar-refractivity contribution in [2.45, 2.75) is 6.61 Å². The van der Waals surface area contributed by atoms with Gasteiger partial charge in [0.15, 0.2) is 5.69 Å². The maximum atomic E-state index is 11.5. The lowest BCUT2D eigenvalue weighted by Crippen LogP contribution is -2.13. The van der Waals surface area contributed by atoms with Gasteiger partial charge in [-0.15, -0.1) is 0 Å². The third-order valence-electron chi connectivity index (χ3n) is 3.45. The second kappa shape index (κ2) is 6.82. The number of carbonyl (C=O) groups excluding carboxylic acids is 1. The highest BCUT2D eigenvalue weighted by atomic mass is 16.5. The van der Waals surface area contributed by atoms with Crippen LogP contribution in [0.2, 0.25) is 0 Å². The molecule has 0 fully saturated rings. The van der Waals surface area contributed by atoms with E-state index in [1.807, 2.05) is 36.4 Å². The Balaban J connectivity index is 1.87. The SMILES string of the molecule is COc1cccc(COc2ccccc2-c2n[nH]nc2C(N)=O)c1. The molecule has 3 rings (SSSR count). The predicted octanol–water partition coefficient (Wildman–Crippen LogP) is 2.16. The summed E-state index contributed by atoms with van der Waals surface area (Å²) in [6.07, 6.45) is 0. The number of hydrogen-bond acceptors (Lipinski definition) is 5. The zero-order valence-corrected chi connectivity index (χ0v) is 13.0. The average molecular weight is 324 g/mol. The summed E-state index contributed by atoms with van der Waals surface area (Å²) in [5.41, 5.74) is 7.37. The van der Waals surface area contributed by atoms with E-state index in [9.17, 15) is 4.79 Å². The van der Waals surface area contributed by atoms with Crippen molar-refractivity contribution in [3.8, 4) is 22.8 Å². The largest absolute Gasteiger partial charge is 0.497 e. The number of hydrogen-bond donors (Lipinski definition) is 2. The van der Waals surface area contributed by atoms with Crippen molar-refractivity contribution in [3.05, 3.63) is 59.8 Å². The molecule has 0 bridgehead atoms. The van der Waals surface area contributed by atoms with E-state index in [1.54, 1.807) is 19.2 Å². The number of nitrogens with two attached hydrogens (primary N) is 1. The van der Waals surface area contributed by atoms with Crippen LogP contribution in [0.25, 0.3) is 11.3 Å². The summed E-state index contributed by atoms with van der Waals surface area (Å²) in [6.45, 7) is 0.345. The number of ether oxygens (including phenoxy) is 2. The van der Waals surface area contributed by atoms with E-state index in [0.29, 0.717) is 23.6 Å². The summed E-state index contributed by atoms with van der Waals surface area (Å²) in [5.74, 6) is 0.690. The van der Waals surface area contributed by atoms with Crippen molar-refractivity contribution in [1.82, 2.24) is 15.4 Å². The molecule has 1 heterocycles. The van der Waals surface area contributed by atoms with Crippen molar-refractivity contribution in [1.29, 1.82) is 0 Å². The van der Waals surface area contributed by atoms with Gasteiger partial charge in [0.05, 0.1) is 7.11 Å². The monoisotopic (exact) mass is 324 g/mol. The maximum Gasteiger partial charge on any atom is 0.271 e. The molecule has 0 radical (unpaired) electrons. The fourth-order valence-electron chi connectivity index (χ4n) is 2.30. The van der Waals surface area contributed by atoms with Gasteiger partial charge in [0.2, 0.25) is 0 Å². The van der Waals surface area contributed by atoms with Crippen LogP contribution in [-0.2, 0) is 6.61 Å². The molecule has 122 valence electrons. The number of para-hydroxylation sites is 1. The van der Waals surface area contributed by atoms with E-state index in [-0.39, 0.29) is 5.69 Å². The van der Waals surface area contributed by atoms with Crippen molar-refractivity contribution >= 4 is 5.91 Å². The lowest BCUT2D eigenvalue weighted by Gasteiger charge is -2.11. The Hall–Kier alpha value is -3.35. The number of nitrogens with zero attached hydrogens (tertiary/aromatic N) is 2. The zero-order chi connectivity index (χ0) is 16.9. The van der Waals surface area contributed by atoms with Gasteiger partial charge in [-0.05, 0) is 29.8 Å². The predicted molar refractivity (Wildman–Crippen MR) is 87.7 cm³/mol. The Kier molecular flexibility index (Phi) is 4.42. The molecule has 2 aromatic carbocycles. The van der Waals surface area contributed by atoms with Crippen LogP contribution >= 0.6 is 0 Å². The van der Waals surface area contributed by atoms with E-state index < -0.39 is 5.91 Å². The average Bonchev–Trinajstić information content (AvgIpc) is 3.10. The fraction of sp³-hybridized carbons (Fsp3) is 0.118. The van der Waals surface area contributed by atoms with Crippen LogP contribution in [0.5, 0.6) is 11.5 Å². The molecule has 3 aromatic rings. The number of benzene rings is 2. The Labute approximate surface area is 138 Å². The van der Waals surface area contributed by atoms with Crippen molar-refractivity contribution in [2.75, 3.05) is 7.11 Å². The Bertz CT molecular complexity index is 860. The van der Waals surface area contributed by atoms with E-state index in [4.69, 9.17) is 15.2 Å². The van der Waals surface area contributed by atoms with Gasteiger partial charge >= 0.3 is 0 Å². The van der Waals surface area contributed by atoms with E-state index in [0.717, 1.165) is 11.3 Å². The van der Waals surface area contributed by atoms with Gasteiger partial charge in [-0.1, -0.05) is 24.3 Å². The fourth-order valence-corrected chi connectivity index (χ4v) is 2.30. The quantitative estimate of drug-likeness (QED) is 0.723. The minimum Gasteiger partial charge on any atom is -0.497 e. The van der Waals surface area contributed by atoms with Crippen LogP contribution in [-0.4, -0.2) is 28.4 Å². The Morgan fingerprint density at radius 3 is 2.79 bits per heavy atom. The molecule has 7 nitrogen and oxygen atoms in total. The summed E-state index contributed by atoms with van der Waals surface area (Å²) >= 11 is 0. The third-order valence-corrected chi connectivity index (χ3v) is 3.45. The second-order valence-corrected chi connectivity index (χ2v) is 5.02. The van der Waals surface area contributed by atoms with Crippen LogP contribution in [0.3, 0.4) is 0 Å². The number of methoxy groups -OCH3 is 1. The summed E-state index contributed by atoms with van der Waals surface area (Å²) in [4.78, 5) is 11.5. The number of rotatable bonds is 6. The van der Waals surface area contributed by atoms with Gasteiger partial charge in [0, 0.05) is 5.56 Å². The number of carbonyl (C=O) groups is 1. The van der Waals surface area contributed by atoms with Crippen molar-refractivity contribution in [3.63, 3.8) is 0 Å². The first kappa shape index (κ1) is 15.5. The number of primary amides is 1. The first-order chi connectivity index (χ1) is 11.7. The van der Waals surface area contributed by atoms with Gasteiger partial charge in [-0.3, -0.25) is 4.79 Å². The highest BCUT2D eigenvalue weighted by Gasteiger charge is 2.18. The molecule has 3 N–H and O–H groups in total. The summed E-state index contributed by atoms with van der Waals surface area (Å²) < 4.78 is 11.1. The molecule has 0 spiro atoms. The highest BCUT2D eigenvalue weighted by molar-refractivity contribution is 5.97. The molecule has 0 saturated carbocycles. The first-order valence-corrected chi connectivity index (χ1v) is 7.24. The van der Waals surface area contributed by atoms with E-state index in [1.165, 1.54) is 0 Å². The normalized spacial score (nSPS) is 10.4. The third kappa shape index (κ3) is 3.19. The van der Waals surface area contributed by atoms with Crippen LogP contribution in [0.1, 0.15) is 16.1 Å². The van der Waals surface area contributed by atoms with Gasteiger partial charge in [0.1, 0.15) is 23.8 Å². The van der Waals surface area contributed by atoms with Gasteiger partial charge in [-0.2, -0.15) is 15.4 Å². The van der Waals surface area contributed by atoms with Crippen LogP contribution in [0.15, 0.2) is 48.5 Å². The molecular weight excluding hydrogens is 308 g/mol. The molecule has 0 aliphatic rings. The zero-order valence-electron chi connectivity index (χ0n) is 13.0. The lowest BCUT2D eigenvalue weighted by molar-refractivity contribution is 0.0996. The Morgan fingerprint density at radius 1 is 1.17 bits per heavy atom. The first-order valence-electron chi connectivity index (χ1n) is 7.24. The van der Waals surface area contributed by atoms with Crippen LogP contribution in [0, 0.1) is 0 Å². The standard InChI is InChI=1S/C17H16N4O3/c1-23-12-6-4-5-11(9-12)10-24-14-8-3-2-7-13(14)15-16(17(18)22)20-21-19-15/h2-9H,10H2,1H3,(H2,18,22)(H,19,20,21). The van der Waals surface area contributed by atoms with Crippen LogP contribution in [0.4, 0.5) is 0 Å². The van der Waals surface area contributed by atoms with E-state index >= 15 is 0 Å². The molecule has 0 saturated heterocycles. The molecule has 1 aromatic heterocycles. The molecule has 0 atom stereocenters. The number of amides is 1. The highest BCUT2D eigenvalue weighted by Crippen LogP contribution is 2.30. The molecule has 24 heavy (non-hydrogen) atoms. The molecule has 7 heteroatoms. The number of nitrogens with one attached hydrogen (secondary N) is 1. The minimum absolute atomic E-state index is 0.0763. The smallest absolute Gasteiger partial charge is 0.271 e. The molecular formula is C17H16N4O3.